The van der Waals surface area contributed by atoms with Crippen molar-refractivity contribution in [1.82, 2.24) is 5.16 Å². The highest BCUT2D eigenvalue weighted by Gasteiger charge is 2.15. The maximum Gasteiger partial charge on any atom is 0.224 e. The van der Waals surface area contributed by atoms with E-state index in [2.05, 4.69) is 10.5 Å². The van der Waals surface area contributed by atoms with E-state index in [4.69, 9.17) is 4.52 Å². The van der Waals surface area contributed by atoms with Gasteiger partial charge in [0.2, 0.25) is 5.88 Å². The van der Waals surface area contributed by atoms with Crippen LogP contribution in [0, 0.1) is 5.82 Å². The minimum absolute atomic E-state index is 0.0369. The van der Waals surface area contributed by atoms with E-state index in [1.54, 1.807) is 13.1 Å². The Labute approximate surface area is 128 Å². The molecule has 0 fully saturated rings. The van der Waals surface area contributed by atoms with Gasteiger partial charge in [-0.05, 0) is 17.2 Å². The van der Waals surface area contributed by atoms with E-state index >= 15 is 0 Å². The van der Waals surface area contributed by atoms with Gasteiger partial charge in [-0.1, -0.05) is 54.5 Å². The zero-order valence-electron chi connectivity index (χ0n) is 12.5. The van der Waals surface area contributed by atoms with E-state index < -0.39 is 0 Å². The Morgan fingerprint density at radius 2 is 1.86 bits per heavy atom. The van der Waals surface area contributed by atoms with Crippen LogP contribution < -0.4 is 5.32 Å². The molecule has 112 valence electrons. The molecule has 0 aliphatic carbocycles. The number of anilines is 1. The van der Waals surface area contributed by atoms with Crippen molar-refractivity contribution in [3.05, 3.63) is 71.7 Å². The molecule has 1 N–H and O–H groups in total. The van der Waals surface area contributed by atoms with E-state index in [9.17, 15) is 4.39 Å². The van der Waals surface area contributed by atoms with Gasteiger partial charge in [-0.2, -0.15) is 0 Å². The highest BCUT2D eigenvalue weighted by Crippen LogP contribution is 2.29. The molecular formula is C18H17FN2O. The summed E-state index contributed by atoms with van der Waals surface area (Å²) in [5, 5.41) is 6.91. The first kappa shape index (κ1) is 14.3. The molecule has 1 aromatic heterocycles. The minimum Gasteiger partial charge on any atom is -0.357 e. The molecule has 1 unspecified atom stereocenters. The number of hydrogen-bond acceptors (Lipinski definition) is 3. The van der Waals surface area contributed by atoms with Gasteiger partial charge in [-0.3, -0.25) is 0 Å². The van der Waals surface area contributed by atoms with Crippen molar-refractivity contribution in [2.75, 3.05) is 12.4 Å². The molecule has 0 saturated heterocycles. The van der Waals surface area contributed by atoms with Gasteiger partial charge in [0.05, 0.1) is 5.69 Å². The maximum atomic E-state index is 14.4. The Hall–Kier alpha value is -2.62. The third-order valence-electron chi connectivity index (χ3n) is 3.80. The van der Waals surface area contributed by atoms with Crippen LogP contribution in [0.15, 0.2) is 59.1 Å². The smallest absolute Gasteiger partial charge is 0.224 e. The predicted octanol–water partition coefficient (Wildman–Crippen LogP) is 4.67. The lowest BCUT2D eigenvalue weighted by Crippen LogP contribution is -1.98. The molecule has 0 radical (unpaired) electrons. The topological polar surface area (TPSA) is 38.1 Å². The second kappa shape index (κ2) is 6.02. The van der Waals surface area contributed by atoms with Crippen molar-refractivity contribution in [2.45, 2.75) is 12.8 Å². The van der Waals surface area contributed by atoms with E-state index in [0.717, 1.165) is 16.8 Å². The summed E-state index contributed by atoms with van der Waals surface area (Å²) in [6.45, 7) is 1.98. The number of rotatable bonds is 4. The molecule has 0 aliphatic rings. The first-order valence-corrected chi connectivity index (χ1v) is 7.18. The van der Waals surface area contributed by atoms with Crippen molar-refractivity contribution in [2.24, 2.45) is 0 Å². The fourth-order valence-electron chi connectivity index (χ4n) is 2.43. The summed E-state index contributed by atoms with van der Waals surface area (Å²) < 4.78 is 19.6. The van der Waals surface area contributed by atoms with Gasteiger partial charge in [-0.25, -0.2) is 4.39 Å². The van der Waals surface area contributed by atoms with Gasteiger partial charge in [0.25, 0.3) is 0 Å². The second-order valence-electron chi connectivity index (χ2n) is 5.19. The van der Waals surface area contributed by atoms with E-state index in [1.807, 2.05) is 55.5 Å². The first-order valence-electron chi connectivity index (χ1n) is 7.18. The van der Waals surface area contributed by atoms with E-state index in [0.29, 0.717) is 11.4 Å². The Kier molecular flexibility index (Phi) is 3.92. The van der Waals surface area contributed by atoms with Gasteiger partial charge >= 0.3 is 0 Å². The first-order chi connectivity index (χ1) is 10.7. The summed E-state index contributed by atoms with van der Waals surface area (Å²) in [7, 11) is 1.77. The minimum atomic E-state index is -0.229. The summed E-state index contributed by atoms with van der Waals surface area (Å²) in [4.78, 5) is 0. The predicted molar refractivity (Wildman–Crippen MR) is 85.4 cm³/mol. The van der Waals surface area contributed by atoms with Crippen molar-refractivity contribution in [3.8, 4) is 11.1 Å². The lowest BCUT2D eigenvalue weighted by Gasteiger charge is -2.11. The van der Waals surface area contributed by atoms with Crippen LogP contribution in [-0.2, 0) is 0 Å². The number of nitrogens with one attached hydrogen (secondary N) is 1. The Balaban J connectivity index is 1.91. The molecular weight excluding hydrogens is 279 g/mol. The van der Waals surface area contributed by atoms with E-state index in [-0.39, 0.29) is 11.7 Å². The average Bonchev–Trinajstić information content (AvgIpc) is 3.04. The normalized spacial score (nSPS) is 12.1. The zero-order valence-corrected chi connectivity index (χ0v) is 12.5. The fourth-order valence-corrected chi connectivity index (χ4v) is 2.43. The fraction of sp³-hybridized carbons (Fsp3) is 0.167. The van der Waals surface area contributed by atoms with Crippen LogP contribution in [0.2, 0.25) is 0 Å². The molecule has 0 amide bonds. The molecule has 4 heteroatoms. The SMILES string of the molecule is CNc1cc(C(C)c2ccc(-c3ccccc3)c(F)c2)no1. The average molecular weight is 296 g/mol. The molecule has 0 spiro atoms. The summed E-state index contributed by atoms with van der Waals surface area (Å²) in [6.07, 6.45) is 0. The van der Waals surface area contributed by atoms with Gasteiger partial charge in [0.15, 0.2) is 0 Å². The third kappa shape index (κ3) is 2.72. The molecule has 3 nitrogen and oxygen atoms in total. The van der Waals surface area contributed by atoms with Crippen LogP contribution >= 0.6 is 0 Å². The maximum absolute atomic E-state index is 14.4. The van der Waals surface area contributed by atoms with Gasteiger partial charge in [0, 0.05) is 24.6 Å². The number of benzene rings is 2. The van der Waals surface area contributed by atoms with Crippen LogP contribution in [0.1, 0.15) is 24.1 Å². The molecule has 2 aromatic carbocycles. The number of halogens is 1. The molecule has 0 bridgehead atoms. The van der Waals surface area contributed by atoms with Crippen molar-refractivity contribution in [1.29, 1.82) is 0 Å². The van der Waals surface area contributed by atoms with E-state index in [1.165, 1.54) is 0 Å². The summed E-state index contributed by atoms with van der Waals surface area (Å²) >= 11 is 0. The van der Waals surface area contributed by atoms with Crippen LogP contribution in [0.3, 0.4) is 0 Å². The molecule has 3 aromatic rings. The largest absolute Gasteiger partial charge is 0.357 e. The zero-order chi connectivity index (χ0) is 15.5. The third-order valence-corrected chi connectivity index (χ3v) is 3.80. The molecule has 0 aliphatic heterocycles. The number of nitrogens with zero attached hydrogens (tertiary/aromatic N) is 1. The van der Waals surface area contributed by atoms with Crippen LogP contribution in [-0.4, -0.2) is 12.2 Å². The molecule has 1 heterocycles. The molecule has 22 heavy (non-hydrogen) atoms. The van der Waals surface area contributed by atoms with Crippen molar-refractivity contribution >= 4 is 5.88 Å². The van der Waals surface area contributed by atoms with Crippen LogP contribution in [0.4, 0.5) is 10.3 Å². The number of aromatic nitrogens is 1. The second-order valence-corrected chi connectivity index (χ2v) is 5.19. The summed E-state index contributed by atoms with van der Waals surface area (Å²) in [6, 6.07) is 16.7. The standard InChI is InChI=1S/C18H17FN2O/c1-12(17-11-18(20-2)22-21-17)14-8-9-15(16(19)10-14)13-6-4-3-5-7-13/h3-12,20H,1-2H3. The van der Waals surface area contributed by atoms with Gasteiger partial charge in [0.1, 0.15) is 5.82 Å². The van der Waals surface area contributed by atoms with Gasteiger partial charge in [-0.15, -0.1) is 0 Å². The quantitative estimate of drug-likeness (QED) is 0.760. The Morgan fingerprint density at radius 1 is 1.09 bits per heavy atom. The monoisotopic (exact) mass is 296 g/mol. The van der Waals surface area contributed by atoms with Crippen LogP contribution in [0.5, 0.6) is 0 Å². The summed E-state index contributed by atoms with van der Waals surface area (Å²) in [5.41, 5.74) is 3.12. The Morgan fingerprint density at radius 3 is 2.50 bits per heavy atom. The highest BCUT2D eigenvalue weighted by molar-refractivity contribution is 5.64. The van der Waals surface area contributed by atoms with Crippen LogP contribution in [0.25, 0.3) is 11.1 Å². The highest BCUT2D eigenvalue weighted by atomic mass is 19.1. The summed E-state index contributed by atoms with van der Waals surface area (Å²) in [5.74, 6) is 0.335. The van der Waals surface area contributed by atoms with Crippen molar-refractivity contribution < 1.29 is 8.91 Å². The van der Waals surface area contributed by atoms with Gasteiger partial charge < -0.3 is 9.84 Å². The van der Waals surface area contributed by atoms with Crippen molar-refractivity contribution in [3.63, 3.8) is 0 Å². The lowest BCUT2D eigenvalue weighted by atomic mass is 9.95. The lowest BCUT2D eigenvalue weighted by molar-refractivity contribution is 0.423. The Bertz CT molecular complexity index is 768. The molecule has 3 rings (SSSR count). The molecule has 1 atom stereocenters. The molecule has 0 saturated carbocycles. The number of hydrogen-bond donors (Lipinski definition) is 1.